The van der Waals surface area contributed by atoms with E-state index in [1.807, 2.05) is 42.5 Å². The second-order valence-corrected chi connectivity index (χ2v) is 7.42. The summed E-state index contributed by atoms with van der Waals surface area (Å²) in [4.78, 5) is 4.56. The van der Waals surface area contributed by atoms with E-state index in [-0.39, 0.29) is 0 Å². The second-order valence-electron chi connectivity index (χ2n) is 7.42. The van der Waals surface area contributed by atoms with E-state index in [2.05, 4.69) is 37.9 Å². The first-order valence-corrected chi connectivity index (χ1v) is 10.4. The van der Waals surface area contributed by atoms with Crippen LogP contribution in [0.1, 0.15) is 44.1 Å². The van der Waals surface area contributed by atoms with E-state index in [4.69, 9.17) is 4.74 Å². The molecule has 1 saturated carbocycles. The van der Waals surface area contributed by atoms with Gasteiger partial charge >= 0.3 is 0 Å². The van der Waals surface area contributed by atoms with Gasteiger partial charge in [-0.05, 0) is 42.7 Å². The van der Waals surface area contributed by atoms with Crippen LogP contribution < -0.4 is 15.4 Å². The molecule has 1 fully saturated rings. The summed E-state index contributed by atoms with van der Waals surface area (Å²) in [6.45, 7) is 0.551. The molecule has 1 heterocycles. The maximum absolute atomic E-state index is 5.83. The molecule has 6 heteroatoms. The van der Waals surface area contributed by atoms with Crippen molar-refractivity contribution in [3.8, 4) is 5.75 Å². The Morgan fingerprint density at radius 3 is 2.41 bits per heavy atom. The number of hydrogen-bond donors (Lipinski definition) is 2. The summed E-state index contributed by atoms with van der Waals surface area (Å²) in [6, 6.07) is 18.4. The van der Waals surface area contributed by atoms with Gasteiger partial charge in [-0.15, -0.1) is 5.10 Å². The number of ether oxygens (including phenoxy) is 1. The Morgan fingerprint density at radius 1 is 0.897 bits per heavy atom. The first-order valence-electron chi connectivity index (χ1n) is 10.4. The van der Waals surface area contributed by atoms with Gasteiger partial charge in [0.2, 0.25) is 5.95 Å². The van der Waals surface area contributed by atoms with E-state index in [9.17, 15) is 0 Å². The molecule has 0 unspecified atom stereocenters. The Bertz CT molecular complexity index is 877. The lowest BCUT2D eigenvalue weighted by Crippen LogP contribution is -2.19. The predicted molar refractivity (Wildman–Crippen MR) is 115 cm³/mol. The number of nitrogens with one attached hydrogen (secondary N) is 2. The monoisotopic (exact) mass is 389 g/mol. The highest BCUT2D eigenvalue weighted by Crippen LogP contribution is 2.22. The molecule has 0 saturated heterocycles. The zero-order valence-corrected chi connectivity index (χ0v) is 16.6. The van der Waals surface area contributed by atoms with Gasteiger partial charge in [0.05, 0.1) is 6.20 Å². The highest BCUT2D eigenvalue weighted by molar-refractivity contribution is 5.55. The third kappa shape index (κ3) is 5.91. The van der Waals surface area contributed by atoms with Crippen molar-refractivity contribution in [2.75, 3.05) is 10.6 Å². The summed E-state index contributed by atoms with van der Waals surface area (Å²) in [5.41, 5.74) is 2.04. The van der Waals surface area contributed by atoms with Crippen molar-refractivity contribution in [1.29, 1.82) is 0 Å². The Hall–Kier alpha value is -3.15. The summed E-state index contributed by atoms with van der Waals surface area (Å²) >= 11 is 0. The summed E-state index contributed by atoms with van der Waals surface area (Å²) in [5.74, 6) is 2.08. The highest BCUT2D eigenvalue weighted by atomic mass is 16.5. The average Bonchev–Trinajstić information content (AvgIpc) is 3.03. The van der Waals surface area contributed by atoms with E-state index >= 15 is 0 Å². The molecule has 2 aromatic carbocycles. The molecule has 1 aromatic heterocycles. The summed E-state index contributed by atoms with van der Waals surface area (Å²) < 4.78 is 5.83. The van der Waals surface area contributed by atoms with Crippen LogP contribution >= 0.6 is 0 Å². The van der Waals surface area contributed by atoms with Gasteiger partial charge in [-0.2, -0.15) is 10.1 Å². The normalized spacial score (nSPS) is 14.8. The molecule has 1 aliphatic carbocycles. The topological polar surface area (TPSA) is 72.0 Å². The molecule has 0 spiro atoms. The molecular formula is C23H27N5O. The lowest BCUT2D eigenvalue weighted by Gasteiger charge is -2.16. The van der Waals surface area contributed by atoms with Gasteiger partial charge in [0.25, 0.3) is 0 Å². The van der Waals surface area contributed by atoms with Crippen LogP contribution in [0.4, 0.5) is 17.5 Å². The molecule has 4 rings (SSSR count). The van der Waals surface area contributed by atoms with Gasteiger partial charge in [-0.1, -0.05) is 56.0 Å². The number of rotatable bonds is 7. The number of nitrogens with zero attached hydrogens (tertiary/aromatic N) is 3. The van der Waals surface area contributed by atoms with Gasteiger partial charge < -0.3 is 15.4 Å². The third-order valence-corrected chi connectivity index (χ3v) is 5.12. The standard InChI is InChI=1S/C23H27N5O/c1-2-7-11-19(10-6-1)25-22-16-24-28-23(27-22)26-20-12-14-21(15-13-20)29-17-18-8-4-3-5-9-18/h3-5,8-9,12-16,19H,1-2,6-7,10-11,17H2,(H2,25,26,27,28). The maximum atomic E-state index is 5.83. The van der Waals surface area contributed by atoms with Gasteiger partial charge in [0, 0.05) is 11.7 Å². The van der Waals surface area contributed by atoms with Crippen LogP contribution in [0.3, 0.4) is 0 Å². The minimum absolute atomic E-state index is 0.475. The van der Waals surface area contributed by atoms with Crippen molar-refractivity contribution >= 4 is 17.5 Å². The molecule has 0 aliphatic heterocycles. The Kier molecular flexibility index (Phi) is 6.53. The van der Waals surface area contributed by atoms with Crippen LogP contribution in [0, 0.1) is 0 Å². The Morgan fingerprint density at radius 2 is 1.66 bits per heavy atom. The molecule has 3 aromatic rings. The molecule has 2 N–H and O–H groups in total. The molecule has 29 heavy (non-hydrogen) atoms. The van der Waals surface area contributed by atoms with Crippen LogP contribution in [-0.2, 0) is 6.61 Å². The number of aromatic nitrogens is 3. The molecule has 0 atom stereocenters. The Balaban J connectivity index is 1.32. The van der Waals surface area contributed by atoms with Crippen molar-refractivity contribution in [1.82, 2.24) is 15.2 Å². The van der Waals surface area contributed by atoms with Crippen molar-refractivity contribution in [2.24, 2.45) is 0 Å². The fourth-order valence-corrected chi connectivity index (χ4v) is 3.56. The van der Waals surface area contributed by atoms with Crippen LogP contribution in [0.15, 0.2) is 60.8 Å². The zero-order valence-electron chi connectivity index (χ0n) is 16.6. The number of hydrogen-bond acceptors (Lipinski definition) is 6. The van der Waals surface area contributed by atoms with Crippen LogP contribution in [0.5, 0.6) is 5.75 Å². The van der Waals surface area contributed by atoms with Crippen LogP contribution in [0.25, 0.3) is 0 Å². The largest absolute Gasteiger partial charge is 0.489 e. The average molecular weight is 390 g/mol. The maximum Gasteiger partial charge on any atom is 0.249 e. The molecule has 6 nitrogen and oxygen atoms in total. The van der Waals surface area contributed by atoms with E-state index < -0.39 is 0 Å². The molecule has 0 amide bonds. The van der Waals surface area contributed by atoms with Crippen molar-refractivity contribution in [3.63, 3.8) is 0 Å². The van der Waals surface area contributed by atoms with E-state index in [1.165, 1.54) is 38.5 Å². The second kappa shape index (κ2) is 9.87. The SMILES string of the molecule is c1ccc(COc2ccc(Nc3nncc(NC4CCCCCC4)n3)cc2)cc1. The minimum Gasteiger partial charge on any atom is -0.489 e. The van der Waals surface area contributed by atoms with Gasteiger partial charge in [-0.25, -0.2) is 0 Å². The van der Waals surface area contributed by atoms with Gasteiger partial charge in [0.15, 0.2) is 5.82 Å². The third-order valence-electron chi connectivity index (χ3n) is 5.12. The van der Waals surface area contributed by atoms with Crippen LogP contribution in [-0.4, -0.2) is 21.2 Å². The predicted octanol–water partition coefficient (Wildman–Crippen LogP) is 5.33. The lowest BCUT2D eigenvalue weighted by atomic mass is 10.1. The van der Waals surface area contributed by atoms with Crippen molar-refractivity contribution in [3.05, 3.63) is 66.4 Å². The number of benzene rings is 2. The molecular weight excluding hydrogens is 362 g/mol. The van der Waals surface area contributed by atoms with Gasteiger partial charge in [-0.3, -0.25) is 0 Å². The minimum atomic E-state index is 0.475. The van der Waals surface area contributed by atoms with E-state index in [0.717, 1.165) is 22.8 Å². The quantitative estimate of drug-likeness (QED) is 0.532. The fraction of sp³-hybridized carbons (Fsp3) is 0.348. The fourth-order valence-electron chi connectivity index (χ4n) is 3.56. The van der Waals surface area contributed by atoms with E-state index in [0.29, 0.717) is 18.6 Å². The Labute approximate surface area is 171 Å². The van der Waals surface area contributed by atoms with Gasteiger partial charge in [0.1, 0.15) is 12.4 Å². The highest BCUT2D eigenvalue weighted by Gasteiger charge is 2.13. The first kappa shape index (κ1) is 19.2. The van der Waals surface area contributed by atoms with E-state index in [1.54, 1.807) is 6.20 Å². The molecule has 0 bridgehead atoms. The summed E-state index contributed by atoms with van der Waals surface area (Å²) in [7, 11) is 0. The zero-order chi connectivity index (χ0) is 19.7. The lowest BCUT2D eigenvalue weighted by molar-refractivity contribution is 0.306. The molecule has 150 valence electrons. The number of anilines is 3. The first-order chi connectivity index (χ1) is 14.3. The van der Waals surface area contributed by atoms with Crippen LogP contribution in [0.2, 0.25) is 0 Å². The smallest absolute Gasteiger partial charge is 0.249 e. The molecule has 0 radical (unpaired) electrons. The molecule has 1 aliphatic rings. The van der Waals surface area contributed by atoms with Crippen molar-refractivity contribution < 1.29 is 4.74 Å². The summed E-state index contributed by atoms with van der Waals surface area (Å²) in [5, 5.41) is 14.9. The summed E-state index contributed by atoms with van der Waals surface area (Å²) in [6.07, 6.45) is 9.29. The van der Waals surface area contributed by atoms with Crippen molar-refractivity contribution in [2.45, 2.75) is 51.2 Å².